The maximum atomic E-state index is 12.4. The van der Waals surface area contributed by atoms with Gasteiger partial charge < -0.3 is 20.3 Å². The number of rotatable bonds is 6. The van der Waals surface area contributed by atoms with Crippen LogP contribution in [0, 0.1) is 0 Å². The topological polar surface area (TPSA) is 87.7 Å². The van der Waals surface area contributed by atoms with Crippen molar-refractivity contribution in [2.75, 3.05) is 23.9 Å². The molecule has 1 aliphatic rings. The van der Waals surface area contributed by atoms with Gasteiger partial charge in [0.2, 0.25) is 11.8 Å². The third-order valence-electron chi connectivity index (χ3n) is 4.59. The fourth-order valence-electron chi connectivity index (χ4n) is 3.07. The number of nitrogens with one attached hydrogen (secondary N) is 2. The molecule has 7 heteroatoms. The molecule has 0 aliphatic carbocycles. The Kier molecular flexibility index (Phi) is 5.93. The minimum Gasteiger partial charge on any atom is -0.494 e. The highest BCUT2D eigenvalue weighted by Gasteiger charge is 2.25. The molecule has 3 amide bonds. The quantitative estimate of drug-likeness (QED) is 0.805. The first kappa shape index (κ1) is 19.4. The number of hydrogen-bond acceptors (Lipinski definition) is 4. The van der Waals surface area contributed by atoms with E-state index in [0.717, 1.165) is 6.42 Å². The van der Waals surface area contributed by atoms with E-state index < -0.39 is 6.04 Å². The van der Waals surface area contributed by atoms with Gasteiger partial charge in [0.25, 0.3) is 5.91 Å². The van der Waals surface area contributed by atoms with Gasteiger partial charge in [0, 0.05) is 30.3 Å². The average molecular weight is 381 g/mol. The van der Waals surface area contributed by atoms with E-state index in [4.69, 9.17) is 4.74 Å². The van der Waals surface area contributed by atoms with Crippen molar-refractivity contribution in [3.05, 3.63) is 54.1 Å². The van der Waals surface area contributed by atoms with Gasteiger partial charge in [0.15, 0.2) is 0 Å². The van der Waals surface area contributed by atoms with Gasteiger partial charge in [0.1, 0.15) is 11.8 Å². The molecule has 2 aromatic rings. The first-order valence-corrected chi connectivity index (χ1v) is 9.15. The fraction of sp³-hybridized carbons (Fsp3) is 0.286. The minimum absolute atomic E-state index is 0.0623. The molecule has 146 valence electrons. The number of amides is 3. The summed E-state index contributed by atoms with van der Waals surface area (Å²) >= 11 is 0. The lowest BCUT2D eigenvalue weighted by Crippen LogP contribution is -2.41. The Labute approximate surface area is 163 Å². The van der Waals surface area contributed by atoms with Crippen molar-refractivity contribution in [3.63, 3.8) is 0 Å². The van der Waals surface area contributed by atoms with Crippen molar-refractivity contribution in [1.82, 2.24) is 5.32 Å². The lowest BCUT2D eigenvalue weighted by atomic mass is 10.2. The molecule has 1 atom stereocenters. The van der Waals surface area contributed by atoms with E-state index in [0.29, 0.717) is 35.7 Å². The van der Waals surface area contributed by atoms with Crippen LogP contribution in [0.5, 0.6) is 5.75 Å². The SMILES string of the molecule is COc1cc(NC(=O)[C@H](C)NC(=O)c2ccccc2)ccc1N1CCCC1=O. The number of methoxy groups -OCH3 is 1. The summed E-state index contributed by atoms with van der Waals surface area (Å²) in [5.74, 6) is -0.0959. The lowest BCUT2D eigenvalue weighted by molar-refractivity contribution is -0.118. The number of hydrogen-bond donors (Lipinski definition) is 2. The average Bonchev–Trinajstić information content (AvgIpc) is 3.14. The van der Waals surface area contributed by atoms with Crippen molar-refractivity contribution in [2.45, 2.75) is 25.8 Å². The Hall–Kier alpha value is -3.35. The summed E-state index contributed by atoms with van der Waals surface area (Å²) in [6.07, 6.45) is 1.35. The van der Waals surface area contributed by atoms with Crippen LogP contribution in [0.2, 0.25) is 0 Å². The third-order valence-corrected chi connectivity index (χ3v) is 4.59. The smallest absolute Gasteiger partial charge is 0.251 e. The van der Waals surface area contributed by atoms with Crippen LogP contribution in [0.25, 0.3) is 0 Å². The molecule has 7 nitrogen and oxygen atoms in total. The minimum atomic E-state index is -0.724. The first-order valence-electron chi connectivity index (χ1n) is 9.15. The number of anilines is 2. The molecule has 0 aromatic heterocycles. The zero-order valence-corrected chi connectivity index (χ0v) is 15.9. The molecule has 0 radical (unpaired) electrons. The molecule has 1 aliphatic heterocycles. The Morgan fingerprint density at radius 1 is 1.14 bits per heavy atom. The molecular formula is C21H23N3O4. The van der Waals surface area contributed by atoms with Crippen LogP contribution in [0.15, 0.2) is 48.5 Å². The van der Waals surface area contributed by atoms with Gasteiger partial charge in [-0.2, -0.15) is 0 Å². The Bertz CT molecular complexity index is 882. The van der Waals surface area contributed by atoms with Gasteiger partial charge in [-0.3, -0.25) is 14.4 Å². The molecule has 2 aromatic carbocycles. The second kappa shape index (κ2) is 8.56. The van der Waals surface area contributed by atoms with Gasteiger partial charge in [-0.25, -0.2) is 0 Å². The van der Waals surface area contributed by atoms with E-state index in [1.165, 1.54) is 7.11 Å². The van der Waals surface area contributed by atoms with Crippen LogP contribution in [0.1, 0.15) is 30.1 Å². The highest BCUT2D eigenvalue weighted by Crippen LogP contribution is 2.33. The predicted octanol–water partition coefficient (Wildman–Crippen LogP) is 2.58. The van der Waals surface area contributed by atoms with Gasteiger partial charge >= 0.3 is 0 Å². The van der Waals surface area contributed by atoms with Crippen LogP contribution in [-0.4, -0.2) is 37.4 Å². The summed E-state index contributed by atoms with van der Waals surface area (Å²) in [6, 6.07) is 13.1. The van der Waals surface area contributed by atoms with Crippen molar-refractivity contribution in [2.24, 2.45) is 0 Å². The summed E-state index contributed by atoms with van der Waals surface area (Å²) < 4.78 is 5.40. The van der Waals surface area contributed by atoms with Crippen LogP contribution >= 0.6 is 0 Å². The Balaban J connectivity index is 1.66. The summed E-state index contributed by atoms with van der Waals surface area (Å²) in [6.45, 7) is 2.27. The predicted molar refractivity (Wildman–Crippen MR) is 107 cm³/mol. The molecule has 0 saturated carbocycles. The Morgan fingerprint density at radius 3 is 2.54 bits per heavy atom. The van der Waals surface area contributed by atoms with Gasteiger partial charge in [-0.05, 0) is 37.6 Å². The summed E-state index contributed by atoms with van der Waals surface area (Å²) in [7, 11) is 1.52. The zero-order valence-electron chi connectivity index (χ0n) is 15.9. The molecular weight excluding hydrogens is 358 g/mol. The van der Waals surface area contributed by atoms with Crippen LogP contribution in [0.4, 0.5) is 11.4 Å². The third kappa shape index (κ3) is 4.31. The van der Waals surface area contributed by atoms with Crippen molar-refractivity contribution >= 4 is 29.1 Å². The van der Waals surface area contributed by atoms with E-state index >= 15 is 0 Å². The van der Waals surface area contributed by atoms with Crippen molar-refractivity contribution in [1.29, 1.82) is 0 Å². The number of carbonyl (C=O) groups is 3. The summed E-state index contributed by atoms with van der Waals surface area (Å²) in [5.41, 5.74) is 1.70. The van der Waals surface area contributed by atoms with Gasteiger partial charge in [-0.15, -0.1) is 0 Å². The standard InChI is InChI=1S/C21H23N3O4/c1-14(22-21(27)15-7-4-3-5-8-15)20(26)23-16-10-11-17(18(13-16)28-2)24-12-6-9-19(24)25/h3-5,7-8,10-11,13-14H,6,9,12H2,1-2H3,(H,22,27)(H,23,26)/t14-/m0/s1. The molecule has 0 spiro atoms. The molecule has 28 heavy (non-hydrogen) atoms. The van der Waals surface area contributed by atoms with E-state index in [-0.39, 0.29) is 17.7 Å². The second-order valence-electron chi connectivity index (χ2n) is 6.59. The first-order chi connectivity index (χ1) is 13.5. The molecule has 1 fully saturated rings. The van der Waals surface area contributed by atoms with Crippen molar-refractivity contribution < 1.29 is 19.1 Å². The number of benzene rings is 2. The maximum Gasteiger partial charge on any atom is 0.251 e. The largest absolute Gasteiger partial charge is 0.494 e. The molecule has 2 N–H and O–H groups in total. The number of carbonyl (C=O) groups excluding carboxylic acids is 3. The lowest BCUT2D eigenvalue weighted by Gasteiger charge is -2.20. The second-order valence-corrected chi connectivity index (χ2v) is 6.59. The molecule has 1 saturated heterocycles. The fourth-order valence-corrected chi connectivity index (χ4v) is 3.07. The molecule has 0 bridgehead atoms. The zero-order chi connectivity index (χ0) is 20.1. The normalized spacial score (nSPS) is 14.5. The maximum absolute atomic E-state index is 12.4. The van der Waals surface area contributed by atoms with E-state index in [1.54, 1.807) is 54.3 Å². The number of nitrogens with zero attached hydrogens (tertiary/aromatic N) is 1. The van der Waals surface area contributed by atoms with Gasteiger partial charge in [-0.1, -0.05) is 18.2 Å². The van der Waals surface area contributed by atoms with E-state index in [1.807, 2.05) is 6.07 Å². The van der Waals surface area contributed by atoms with Crippen LogP contribution in [-0.2, 0) is 9.59 Å². The number of ether oxygens (including phenoxy) is 1. The highest BCUT2D eigenvalue weighted by atomic mass is 16.5. The van der Waals surface area contributed by atoms with E-state index in [2.05, 4.69) is 10.6 Å². The highest BCUT2D eigenvalue weighted by molar-refractivity contribution is 6.01. The Morgan fingerprint density at radius 2 is 1.89 bits per heavy atom. The van der Waals surface area contributed by atoms with Gasteiger partial charge in [0.05, 0.1) is 12.8 Å². The molecule has 1 heterocycles. The van der Waals surface area contributed by atoms with Crippen LogP contribution in [0.3, 0.4) is 0 Å². The van der Waals surface area contributed by atoms with E-state index in [9.17, 15) is 14.4 Å². The molecule has 0 unspecified atom stereocenters. The van der Waals surface area contributed by atoms with Crippen LogP contribution < -0.4 is 20.3 Å². The molecule has 3 rings (SSSR count). The summed E-state index contributed by atoms with van der Waals surface area (Å²) in [4.78, 5) is 38.3. The monoisotopic (exact) mass is 381 g/mol. The summed E-state index contributed by atoms with van der Waals surface area (Å²) in [5, 5.41) is 5.44. The van der Waals surface area contributed by atoms with Crippen molar-refractivity contribution in [3.8, 4) is 5.75 Å².